The summed E-state index contributed by atoms with van der Waals surface area (Å²) in [7, 11) is 0. The lowest BCUT2D eigenvalue weighted by Gasteiger charge is -2.07. The number of carbonyl (C=O) groups excluding carboxylic acids is 2. The fourth-order valence-electron chi connectivity index (χ4n) is 2.45. The summed E-state index contributed by atoms with van der Waals surface area (Å²) in [6, 6.07) is 9.39. The molecule has 0 radical (unpaired) electrons. The van der Waals surface area contributed by atoms with Gasteiger partial charge in [-0.05, 0) is 59.3 Å². The average molecular weight is 466 g/mol. The third-order valence-corrected chi connectivity index (χ3v) is 5.35. The van der Waals surface area contributed by atoms with Crippen molar-refractivity contribution in [2.24, 2.45) is 0 Å². The Morgan fingerprint density at radius 2 is 2.07 bits per heavy atom. The highest BCUT2D eigenvalue weighted by Crippen LogP contribution is 2.29. The SMILES string of the molecule is CCOc1ccc2nc(NC(=O)CCNC(=O)c3cc(F)ccc3Br)sc2c1. The van der Waals surface area contributed by atoms with Gasteiger partial charge in [0.25, 0.3) is 5.91 Å². The number of hydrogen-bond acceptors (Lipinski definition) is 5. The zero-order valence-corrected chi connectivity index (χ0v) is 17.3. The van der Waals surface area contributed by atoms with Crippen LogP contribution in [0.3, 0.4) is 0 Å². The highest BCUT2D eigenvalue weighted by Gasteiger charge is 2.13. The molecule has 0 unspecified atom stereocenters. The lowest BCUT2D eigenvalue weighted by molar-refractivity contribution is -0.116. The molecule has 9 heteroatoms. The van der Waals surface area contributed by atoms with Crippen LogP contribution in [0, 0.1) is 5.82 Å². The van der Waals surface area contributed by atoms with E-state index in [4.69, 9.17) is 4.74 Å². The molecule has 3 rings (SSSR count). The number of hydrogen-bond donors (Lipinski definition) is 2. The average Bonchev–Trinajstić information content (AvgIpc) is 3.05. The van der Waals surface area contributed by atoms with Gasteiger partial charge in [0.05, 0.1) is 22.4 Å². The molecule has 0 atom stereocenters. The molecule has 0 saturated heterocycles. The predicted molar refractivity (Wildman–Crippen MR) is 110 cm³/mol. The second-order valence-electron chi connectivity index (χ2n) is 5.76. The molecule has 2 N–H and O–H groups in total. The number of thiazole rings is 1. The van der Waals surface area contributed by atoms with E-state index < -0.39 is 11.7 Å². The first-order chi connectivity index (χ1) is 13.5. The normalized spacial score (nSPS) is 10.7. The first kappa shape index (κ1) is 20.2. The number of fused-ring (bicyclic) bond motifs is 1. The van der Waals surface area contributed by atoms with Crippen molar-refractivity contribution < 1.29 is 18.7 Å². The number of amides is 2. The molecule has 0 fully saturated rings. The number of ether oxygens (including phenoxy) is 1. The fourth-order valence-corrected chi connectivity index (χ4v) is 3.79. The number of rotatable bonds is 7. The zero-order valence-electron chi connectivity index (χ0n) is 14.9. The van der Waals surface area contributed by atoms with E-state index in [2.05, 4.69) is 31.5 Å². The Morgan fingerprint density at radius 3 is 2.86 bits per heavy atom. The van der Waals surface area contributed by atoms with Crippen molar-refractivity contribution in [3.63, 3.8) is 0 Å². The van der Waals surface area contributed by atoms with Gasteiger partial charge in [0.1, 0.15) is 11.6 Å². The van der Waals surface area contributed by atoms with Crippen LogP contribution in [0.15, 0.2) is 40.9 Å². The van der Waals surface area contributed by atoms with E-state index >= 15 is 0 Å². The molecule has 1 heterocycles. The minimum Gasteiger partial charge on any atom is -0.494 e. The Balaban J connectivity index is 1.53. The van der Waals surface area contributed by atoms with Crippen LogP contribution in [0.1, 0.15) is 23.7 Å². The van der Waals surface area contributed by atoms with Crippen molar-refractivity contribution in [3.05, 3.63) is 52.3 Å². The molecular weight excluding hydrogens is 449 g/mol. The second kappa shape index (κ2) is 9.11. The topological polar surface area (TPSA) is 80.3 Å². The van der Waals surface area contributed by atoms with Gasteiger partial charge in [-0.1, -0.05) is 11.3 Å². The number of aromatic nitrogens is 1. The summed E-state index contributed by atoms with van der Waals surface area (Å²) in [4.78, 5) is 28.6. The van der Waals surface area contributed by atoms with Gasteiger partial charge in [0.2, 0.25) is 5.91 Å². The fraction of sp³-hybridized carbons (Fsp3) is 0.211. The van der Waals surface area contributed by atoms with Crippen LogP contribution in [-0.2, 0) is 4.79 Å². The number of anilines is 1. The molecule has 28 heavy (non-hydrogen) atoms. The van der Waals surface area contributed by atoms with Gasteiger partial charge < -0.3 is 15.4 Å². The standard InChI is InChI=1S/C19H17BrFN3O3S/c1-2-27-12-4-6-15-16(10-12)28-19(23-15)24-17(25)7-8-22-18(26)13-9-11(21)3-5-14(13)20/h3-6,9-10H,2,7-8H2,1H3,(H,22,26)(H,23,24,25). The van der Waals surface area contributed by atoms with E-state index in [1.165, 1.54) is 23.5 Å². The summed E-state index contributed by atoms with van der Waals surface area (Å²) in [6.45, 7) is 2.60. The third-order valence-electron chi connectivity index (χ3n) is 3.73. The molecule has 1 aromatic heterocycles. The van der Waals surface area contributed by atoms with Gasteiger partial charge in [-0.25, -0.2) is 9.37 Å². The van der Waals surface area contributed by atoms with Crippen molar-refractivity contribution in [1.29, 1.82) is 0 Å². The van der Waals surface area contributed by atoms with E-state index in [9.17, 15) is 14.0 Å². The zero-order chi connectivity index (χ0) is 20.1. The lowest BCUT2D eigenvalue weighted by Crippen LogP contribution is -2.28. The predicted octanol–water partition coefficient (Wildman–Crippen LogP) is 4.36. The number of nitrogens with zero attached hydrogens (tertiary/aromatic N) is 1. The van der Waals surface area contributed by atoms with E-state index in [1.54, 1.807) is 0 Å². The summed E-state index contributed by atoms with van der Waals surface area (Å²) in [6.07, 6.45) is 0.0682. The Labute approximate surface area is 173 Å². The Kier molecular flexibility index (Phi) is 6.58. The summed E-state index contributed by atoms with van der Waals surface area (Å²) in [5.74, 6) is -0.484. The smallest absolute Gasteiger partial charge is 0.252 e. The van der Waals surface area contributed by atoms with Crippen LogP contribution in [0.5, 0.6) is 5.75 Å². The van der Waals surface area contributed by atoms with Gasteiger partial charge >= 0.3 is 0 Å². The first-order valence-electron chi connectivity index (χ1n) is 8.52. The molecule has 2 aromatic carbocycles. The molecule has 0 aliphatic rings. The van der Waals surface area contributed by atoms with Crippen LogP contribution < -0.4 is 15.4 Å². The van der Waals surface area contributed by atoms with Crippen LogP contribution in [0.2, 0.25) is 0 Å². The summed E-state index contributed by atoms with van der Waals surface area (Å²) < 4.78 is 20.1. The third kappa shape index (κ3) is 5.05. The summed E-state index contributed by atoms with van der Waals surface area (Å²) >= 11 is 4.55. The van der Waals surface area contributed by atoms with Crippen LogP contribution in [0.25, 0.3) is 10.2 Å². The van der Waals surface area contributed by atoms with Crippen molar-refractivity contribution >= 4 is 54.4 Å². The van der Waals surface area contributed by atoms with Gasteiger partial charge in [0.15, 0.2) is 5.13 Å². The number of carbonyl (C=O) groups is 2. The molecule has 0 aliphatic heterocycles. The second-order valence-corrected chi connectivity index (χ2v) is 7.64. The van der Waals surface area contributed by atoms with Crippen LogP contribution >= 0.6 is 27.3 Å². The minimum atomic E-state index is -0.505. The highest BCUT2D eigenvalue weighted by molar-refractivity contribution is 9.10. The molecule has 2 amide bonds. The Hall–Kier alpha value is -2.52. The maximum Gasteiger partial charge on any atom is 0.252 e. The number of nitrogens with one attached hydrogen (secondary N) is 2. The molecule has 0 bridgehead atoms. The molecule has 0 spiro atoms. The summed E-state index contributed by atoms with van der Waals surface area (Å²) in [5.41, 5.74) is 0.949. The van der Waals surface area contributed by atoms with Gasteiger partial charge in [-0.15, -0.1) is 0 Å². The molecule has 0 saturated carbocycles. The molecule has 146 valence electrons. The van der Waals surface area contributed by atoms with Crippen LogP contribution in [0.4, 0.5) is 9.52 Å². The number of halogens is 2. The molecule has 0 aliphatic carbocycles. The molecular formula is C19H17BrFN3O3S. The van der Waals surface area contributed by atoms with E-state index in [0.717, 1.165) is 22.0 Å². The van der Waals surface area contributed by atoms with Crippen LogP contribution in [-0.4, -0.2) is 29.9 Å². The summed E-state index contributed by atoms with van der Waals surface area (Å²) in [5, 5.41) is 5.81. The minimum absolute atomic E-state index is 0.0682. The van der Waals surface area contributed by atoms with Crippen molar-refractivity contribution in [2.45, 2.75) is 13.3 Å². The maximum absolute atomic E-state index is 13.3. The van der Waals surface area contributed by atoms with Gasteiger partial charge in [-0.2, -0.15) is 0 Å². The van der Waals surface area contributed by atoms with Gasteiger partial charge in [0, 0.05) is 17.4 Å². The van der Waals surface area contributed by atoms with Crippen molar-refractivity contribution in [3.8, 4) is 5.75 Å². The van der Waals surface area contributed by atoms with E-state index in [-0.39, 0.29) is 24.4 Å². The highest BCUT2D eigenvalue weighted by atomic mass is 79.9. The van der Waals surface area contributed by atoms with Gasteiger partial charge in [-0.3, -0.25) is 9.59 Å². The monoisotopic (exact) mass is 465 g/mol. The Bertz CT molecular complexity index is 1020. The van der Waals surface area contributed by atoms with Crippen molar-refractivity contribution in [1.82, 2.24) is 10.3 Å². The largest absolute Gasteiger partial charge is 0.494 e. The first-order valence-corrected chi connectivity index (χ1v) is 10.1. The van der Waals surface area contributed by atoms with E-state index in [0.29, 0.717) is 16.2 Å². The quantitative estimate of drug-likeness (QED) is 0.543. The maximum atomic E-state index is 13.3. The lowest BCUT2D eigenvalue weighted by atomic mass is 10.2. The van der Waals surface area contributed by atoms with E-state index in [1.807, 2.05) is 25.1 Å². The van der Waals surface area contributed by atoms with Crippen molar-refractivity contribution in [2.75, 3.05) is 18.5 Å². The Morgan fingerprint density at radius 1 is 1.25 bits per heavy atom. The molecule has 6 nitrogen and oxygen atoms in total. The molecule has 3 aromatic rings. The number of benzene rings is 2.